The van der Waals surface area contributed by atoms with Crippen LogP contribution in [0.15, 0.2) is 48.6 Å². The molecular formula is C18H28. The second-order valence-corrected chi connectivity index (χ2v) is 6.28. The Morgan fingerprint density at radius 1 is 0.556 bits per heavy atom. The summed E-state index contributed by atoms with van der Waals surface area (Å²) in [5.41, 5.74) is 5.15. The van der Waals surface area contributed by atoms with Crippen LogP contribution in [-0.4, -0.2) is 0 Å². The van der Waals surface area contributed by atoms with Crippen LogP contribution in [0.2, 0.25) is 0 Å². The predicted octanol–water partition coefficient (Wildman–Crippen LogP) is 5.55. The quantitative estimate of drug-likeness (QED) is 0.569. The summed E-state index contributed by atoms with van der Waals surface area (Å²) in [4.78, 5) is 0. The van der Waals surface area contributed by atoms with Crippen molar-refractivity contribution in [1.29, 1.82) is 0 Å². The Kier molecular flexibility index (Phi) is 4.78. The van der Waals surface area contributed by atoms with E-state index in [1.165, 1.54) is 22.3 Å². The summed E-state index contributed by atoms with van der Waals surface area (Å²) in [6.45, 7) is 25.3. The average Bonchev–Trinajstić information content (AvgIpc) is 2.26. The highest BCUT2D eigenvalue weighted by Crippen LogP contribution is 2.47. The van der Waals surface area contributed by atoms with E-state index in [1.54, 1.807) is 0 Å². The van der Waals surface area contributed by atoms with E-state index >= 15 is 0 Å². The van der Waals surface area contributed by atoms with Gasteiger partial charge >= 0.3 is 0 Å². The molecule has 0 bridgehead atoms. The maximum Gasteiger partial charge on any atom is -0.0137 e. The highest BCUT2D eigenvalue weighted by Gasteiger charge is 2.38. The molecule has 0 aromatic heterocycles. The van der Waals surface area contributed by atoms with Crippen molar-refractivity contribution < 1.29 is 0 Å². The van der Waals surface area contributed by atoms with Crippen molar-refractivity contribution in [2.24, 2.45) is 23.7 Å². The van der Waals surface area contributed by atoms with Crippen LogP contribution in [0.25, 0.3) is 0 Å². The Labute approximate surface area is 113 Å². The number of allylic oxidation sites excluding steroid dienone is 4. The third kappa shape index (κ3) is 3.04. The summed E-state index contributed by atoms with van der Waals surface area (Å²) >= 11 is 0. The van der Waals surface area contributed by atoms with E-state index in [-0.39, 0.29) is 0 Å². The molecule has 0 aromatic carbocycles. The van der Waals surface area contributed by atoms with Gasteiger partial charge in [-0.05, 0) is 64.2 Å². The van der Waals surface area contributed by atoms with E-state index in [2.05, 4.69) is 54.0 Å². The third-order valence-electron chi connectivity index (χ3n) is 4.52. The van der Waals surface area contributed by atoms with Crippen molar-refractivity contribution in [2.45, 2.75) is 40.5 Å². The first kappa shape index (κ1) is 15.0. The number of hydrogen-bond acceptors (Lipinski definition) is 0. The molecular weight excluding hydrogens is 216 g/mol. The molecule has 0 N–H and O–H groups in total. The summed E-state index contributed by atoms with van der Waals surface area (Å²) in [6.07, 6.45) is 2.30. The number of hydrogen-bond donors (Lipinski definition) is 0. The Morgan fingerprint density at radius 2 is 0.722 bits per heavy atom. The highest BCUT2D eigenvalue weighted by molar-refractivity contribution is 5.19. The Hall–Kier alpha value is -1.04. The minimum atomic E-state index is 0.555. The van der Waals surface area contributed by atoms with Gasteiger partial charge in [-0.1, -0.05) is 48.6 Å². The molecule has 0 heteroatoms. The average molecular weight is 244 g/mol. The van der Waals surface area contributed by atoms with Crippen LogP contribution in [0, 0.1) is 23.7 Å². The molecule has 0 saturated heterocycles. The second-order valence-electron chi connectivity index (χ2n) is 6.28. The Morgan fingerprint density at radius 3 is 0.833 bits per heavy atom. The first-order chi connectivity index (χ1) is 8.25. The smallest absolute Gasteiger partial charge is 0.0137 e. The molecule has 18 heavy (non-hydrogen) atoms. The lowest BCUT2D eigenvalue weighted by atomic mass is 9.61. The van der Waals surface area contributed by atoms with Crippen LogP contribution in [0.3, 0.4) is 0 Å². The van der Waals surface area contributed by atoms with E-state index in [0.29, 0.717) is 23.7 Å². The van der Waals surface area contributed by atoms with Crippen LogP contribution in [0.1, 0.15) is 40.5 Å². The lowest BCUT2D eigenvalue weighted by Gasteiger charge is -2.43. The van der Waals surface area contributed by atoms with Crippen molar-refractivity contribution in [3.8, 4) is 0 Å². The minimum absolute atomic E-state index is 0.555. The summed E-state index contributed by atoms with van der Waals surface area (Å²) in [5, 5.41) is 0. The summed E-state index contributed by atoms with van der Waals surface area (Å²) in [5.74, 6) is 2.22. The molecule has 4 atom stereocenters. The lowest BCUT2D eigenvalue weighted by molar-refractivity contribution is 0.200. The van der Waals surface area contributed by atoms with Gasteiger partial charge in [0.25, 0.3) is 0 Å². The summed E-state index contributed by atoms with van der Waals surface area (Å²) in [6, 6.07) is 0. The van der Waals surface area contributed by atoms with E-state index in [1.807, 2.05) is 0 Å². The van der Waals surface area contributed by atoms with Crippen molar-refractivity contribution in [2.75, 3.05) is 0 Å². The zero-order valence-electron chi connectivity index (χ0n) is 12.6. The van der Waals surface area contributed by atoms with Crippen molar-refractivity contribution in [1.82, 2.24) is 0 Å². The molecule has 1 aliphatic rings. The normalized spacial score (nSPS) is 31.8. The second kappa shape index (κ2) is 5.73. The van der Waals surface area contributed by atoms with Crippen molar-refractivity contribution in [3.05, 3.63) is 48.6 Å². The van der Waals surface area contributed by atoms with E-state index in [0.717, 1.165) is 12.8 Å². The fraction of sp³-hybridized carbons (Fsp3) is 0.556. The van der Waals surface area contributed by atoms with Gasteiger partial charge in [0.1, 0.15) is 0 Å². The first-order valence-corrected chi connectivity index (χ1v) is 6.87. The van der Waals surface area contributed by atoms with E-state index < -0.39 is 0 Å². The molecule has 100 valence electrons. The Bertz CT molecular complexity index is 309. The monoisotopic (exact) mass is 244 g/mol. The van der Waals surface area contributed by atoms with E-state index in [4.69, 9.17) is 0 Å². The summed E-state index contributed by atoms with van der Waals surface area (Å²) < 4.78 is 0. The SMILES string of the molecule is C=C(C)C1CC(C(=C)C)[C@@H](C(=C)C)CC1C(=C)C. The van der Waals surface area contributed by atoms with Crippen LogP contribution in [-0.2, 0) is 0 Å². The molecule has 0 nitrogen and oxygen atoms in total. The third-order valence-corrected chi connectivity index (χ3v) is 4.52. The molecule has 3 unspecified atom stereocenters. The highest BCUT2D eigenvalue weighted by atomic mass is 14.4. The fourth-order valence-electron chi connectivity index (χ4n) is 3.38. The lowest BCUT2D eigenvalue weighted by Crippen LogP contribution is -2.33. The van der Waals surface area contributed by atoms with Gasteiger partial charge in [-0.25, -0.2) is 0 Å². The van der Waals surface area contributed by atoms with Crippen LogP contribution < -0.4 is 0 Å². The standard InChI is InChI=1S/C18H28/c1-11(2)15-9-17(13(5)6)18(14(7)8)10-16(15)12(3)4/h15-18H,1,3,5,7,9-10H2,2,4,6,8H3/t15-,16?,17?,18?/m1/s1. The van der Waals surface area contributed by atoms with Crippen molar-refractivity contribution >= 4 is 0 Å². The van der Waals surface area contributed by atoms with Gasteiger partial charge in [0.2, 0.25) is 0 Å². The van der Waals surface area contributed by atoms with Gasteiger partial charge in [-0.3, -0.25) is 0 Å². The first-order valence-electron chi connectivity index (χ1n) is 6.87. The molecule has 1 rings (SSSR count). The molecule has 1 saturated carbocycles. The molecule has 0 heterocycles. The molecule has 0 aliphatic heterocycles. The molecule has 0 spiro atoms. The zero-order valence-corrected chi connectivity index (χ0v) is 12.6. The number of rotatable bonds is 4. The van der Waals surface area contributed by atoms with Gasteiger partial charge in [-0.15, -0.1) is 0 Å². The maximum absolute atomic E-state index is 4.18. The maximum atomic E-state index is 4.18. The van der Waals surface area contributed by atoms with Gasteiger partial charge in [0, 0.05) is 0 Å². The van der Waals surface area contributed by atoms with Gasteiger partial charge < -0.3 is 0 Å². The van der Waals surface area contributed by atoms with Crippen LogP contribution >= 0.6 is 0 Å². The predicted molar refractivity (Wildman–Crippen MR) is 82.5 cm³/mol. The molecule has 0 amide bonds. The van der Waals surface area contributed by atoms with Crippen LogP contribution in [0.5, 0.6) is 0 Å². The minimum Gasteiger partial charge on any atom is -0.0998 e. The zero-order chi connectivity index (χ0) is 14.0. The molecule has 1 aliphatic carbocycles. The molecule has 0 aromatic rings. The van der Waals surface area contributed by atoms with Gasteiger partial charge in [0.05, 0.1) is 0 Å². The molecule has 1 fully saturated rings. The Balaban J connectivity index is 3.06. The van der Waals surface area contributed by atoms with E-state index in [9.17, 15) is 0 Å². The van der Waals surface area contributed by atoms with Gasteiger partial charge in [0.15, 0.2) is 0 Å². The summed E-state index contributed by atoms with van der Waals surface area (Å²) in [7, 11) is 0. The largest absolute Gasteiger partial charge is 0.0998 e. The van der Waals surface area contributed by atoms with Crippen LogP contribution in [0.4, 0.5) is 0 Å². The fourth-order valence-corrected chi connectivity index (χ4v) is 3.38. The molecule has 0 radical (unpaired) electrons. The van der Waals surface area contributed by atoms with Crippen molar-refractivity contribution in [3.63, 3.8) is 0 Å². The topological polar surface area (TPSA) is 0 Å². The van der Waals surface area contributed by atoms with Gasteiger partial charge in [-0.2, -0.15) is 0 Å².